The van der Waals surface area contributed by atoms with Gasteiger partial charge in [-0.15, -0.1) is 0 Å². The molecule has 4 nitrogen and oxygen atoms in total. The summed E-state index contributed by atoms with van der Waals surface area (Å²) in [6, 6.07) is 23.2. The number of hydrogen-bond acceptors (Lipinski definition) is 4. The van der Waals surface area contributed by atoms with Crippen LogP contribution in [0.1, 0.15) is 108 Å². The normalized spacial score (nSPS) is 30.4. The molecule has 230 valence electrons. The maximum atomic E-state index is 11.6. The van der Waals surface area contributed by atoms with Crippen molar-refractivity contribution in [3.05, 3.63) is 88.5 Å². The number of hydrogen-bond donors (Lipinski definition) is 1. The summed E-state index contributed by atoms with van der Waals surface area (Å²) >= 11 is 0. The zero-order valence-corrected chi connectivity index (χ0v) is 28.5. The number of para-hydroxylation sites is 1. The molecule has 0 amide bonds. The van der Waals surface area contributed by atoms with Crippen LogP contribution >= 0.6 is 0 Å². The van der Waals surface area contributed by atoms with Gasteiger partial charge in [0.2, 0.25) is 0 Å². The number of anilines is 3. The smallest absolute Gasteiger partial charge is 0.0857 e. The predicted molar refractivity (Wildman–Crippen MR) is 183 cm³/mol. The Labute approximate surface area is 260 Å². The highest BCUT2D eigenvalue weighted by Crippen LogP contribution is 2.54. The Morgan fingerprint density at radius 2 is 0.907 bits per heavy atom. The van der Waals surface area contributed by atoms with Crippen LogP contribution in [0.3, 0.4) is 0 Å². The fourth-order valence-electron chi connectivity index (χ4n) is 8.48. The van der Waals surface area contributed by atoms with Crippen LogP contribution < -0.4 is 14.7 Å². The number of rotatable bonds is 2. The van der Waals surface area contributed by atoms with E-state index in [1.165, 1.54) is 33.6 Å². The minimum absolute atomic E-state index is 0.0194. The van der Waals surface area contributed by atoms with Gasteiger partial charge in [0.1, 0.15) is 0 Å². The minimum Gasteiger partial charge on any atom is -0.388 e. The highest BCUT2D eigenvalue weighted by Gasteiger charge is 2.47. The average molecular weight is 580 g/mol. The van der Waals surface area contributed by atoms with E-state index in [9.17, 15) is 5.11 Å². The van der Waals surface area contributed by atoms with Gasteiger partial charge in [-0.25, -0.2) is 0 Å². The van der Waals surface area contributed by atoms with Crippen LogP contribution in [0.15, 0.2) is 60.7 Å². The lowest BCUT2D eigenvalue weighted by Crippen LogP contribution is -2.53. The highest BCUT2D eigenvalue weighted by molar-refractivity contribution is 5.68. The lowest BCUT2D eigenvalue weighted by molar-refractivity contribution is 0.0689. The van der Waals surface area contributed by atoms with Crippen molar-refractivity contribution in [2.24, 2.45) is 17.8 Å². The molecule has 0 saturated heterocycles. The monoisotopic (exact) mass is 579 g/mol. The first kappa shape index (κ1) is 30.1. The number of fused-ring (bicyclic) bond motifs is 3. The molecule has 0 radical (unpaired) electrons. The molecule has 1 N–H and O–H groups in total. The second kappa shape index (κ2) is 9.76. The topological polar surface area (TPSA) is 30.0 Å². The van der Waals surface area contributed by atoms with Gasteiger partial charge in [0.15, 0.2) is 0 Å². The molecule has 3 aliphatic heterocycles. The zero-order chi connectivity index (χ0) is 31.4. The Kier molecular flexibility index (Phi) is 6.82. The Balaban J connectivity index is 1.53. The van der Waals surface area contributed by atoms with Gasteiger partial charge in [-0.2, -0.15) is 0 Å². The fourth-order valence-corrected chi connectivity index (χ4v) is 8.48. The molecule has 3 aliphatic rings. The van der Waals surface area contributed by atoms with Crippen LogP contribution in [-0.2, 0) is 0 Å². The molecule has 3 aromatic rings. The quantitative estimate of drug-likeness (QED) is 0.329. The van der Waals surface area contributed by atoms with Crippen LogP contribution in [0.25, 0.3) is 0 Å². The molecular formula is C39H53N3O. The molecule has 0 aromatic heterocycles. The van der Waals surface area contributed by atoms with E-state index < -0.39 is 6.10 Å². The highest BCUT2D eigenvalue weighted by atomic mass is 16.3. The molecule has 0 fully saturated rings. The Hall–Kier alpha value is -2.98. The zero-order valence-electron chi connectivity index (χ0n) is 28.5. The van der Waals surface area contributed by atoms with E-state index in [0.29, 0.717) is 17.8 Å². The summed E-state index contributed by atoms with van der Waals surface area (Å²) in [6.45, 7) is 21.0. The van der Waals surface area contributed by atoms with Crippen molar-refractivity contribution < 1.29 is 5.11 Å². The van der Waals surface area contributed by atoms with Crippen molar-refractivity contribution in [1.29, 1.82) is 0 Å². The van der Waals surface area contributed by atoms with E-state index >= 15 is 0 Å². The number of benzene rings is 3. The van der Waals surface area contributed by atoms with Crippen LogP contribution in [0.5, 0.6) is 0 Å². The molecule has 6 atom stereocenters. The number of aliphatic hydroxyl groups is 1. The Bertz CT molecular complexity index is 1550. The average Bonchev–Trinajstić information content (AvgIpc) is 2.97. The van der Waals surface area contributed by atoms with Gasteiger partial charge in [0.05, 0.1) is 6.10 Å². The third-order valence-electron chi connectivity index (χ3n) is 13.2. The Morgan fingerprint density at radius 1 is 0.512 bits per heavy atom. The van der Waals surface area contributed by atoms with Gasteiger partial charge in [0.25, 0.3) is 0 Å². The van der Waals surface area contributed by atoms with Gasteiger partial charge in [0, 0.05) is 78.1 Å². The van der Waals surface area contributed by atoms with Gasteiger partial charge in [-0.1, -0.05) is 63.2 Å². The molecule has 0 spiro atoms. The number of nitrogens with zero attached hydrogens (tertiary/aromatic N) is 3. The maximum absolute atomic E-state index is 11.6. The SMILES string of the molecule is CC1C(O)c2cc(C3c4cc(C5c6ccccc6N(C)C(C)(C)C5C)ccc4N(C)C(C)(C)C3C)ccc2N(C)C1(C)C. The molecule has 0 bridgehead atoms. The van der Waals surface area contributed by atoms with E-state index in [1.54, 1.807) is 0 Å². The largest absolute Gasteiger partial charge is 0.388 e. The van der Waals surface area contributed by atoms with Crippen LogP contribution in [0.4, 0.5) is 17.1 Å². The third-order valence-corrected chi connectivity index (χ3v) is 13.2. The van der Waals surface area contributed by atoms with E-state index in [0.717, 1.165) is 11.3 Å². The summed E-state index contributed by atoms with van der Waals surface area (Å²) in [6.07, 6.45) is -0.486. The second-order valence-electron chi connectivity index (χ2n) is 15.6. The summed E-state index contributed by atoms with van der Waals surface area (Å²) in [5.74, 6) is 1.45. The Morgan fingerprint density at radius 3 is 1.44 bits per heavy atom. The molecule has 4 heteroatoms. The molecule has 0 saturated carbocycles. The summed E-state index contributed by atoms with van der Waals surface area (Å²) in [5.41, 5.74) is 10.3. The van der Waals surface area contributed by atoms with Crippen LogP contribution in [0, 0.1) is 17.8 Å². The second-order valence-corrected chi connectivity index (χ2v) is 15.6. The van der Waals surface area contributed by atoms with Crippen LogP contribution in [-0.4, -0.2) is 42.9 Å². The molecule has 6 unspecified atom stereocenters. The lowest BCUT2D eigenvalue weighted by Gasteiger charge is -2.53. The summed E-state index contributed by atoms with van der Waals surface area (Å²) in [7, 11) is 6.68. The molecule has 6 rings (SSSR count). The van der Waals surface area contributed by atoms with Gasteiger partial charge in [-0.3, -0.25) is 0 Å². The minimum atomic E-state index is -0.486. The van der Waals surface area contributed by atoms with Crippen molar-refractivity contribution >= 4 is 17.1 Å². The summed E-state index contributed by atoms with van der Waals surface area (Å²) in [5, 5.41) is 11.6. The van der Waals surface area contributed by atoms with Gasteiger partial charge in [-0.05, 0) is 93.8 Å². The first-order valence-corrected chi connectivity index (χ1v) is 16.3. The molecule has 3 heterocycles. The molecular weight excluding hydrogens is 526 g/mol. The summed E-state index contributed by atoms with van der Waals surface area (Å²) in [4.78, 5) is 7.33. The van der Waals surface area contributed by atoms with Crippen LogP contribution in [0.2, 0.25) is 0 Å². The first-order valence-electron chi connectivity index (χ1n) is 16.3. The van der Waals surface area contributed by atoms with Crippen molar-refractivity contribution in [1.82, 2.24) is 0 Å². The first-order chi connectivity index (χ1) is 20.0. The molecule has 43 heavy (non-hydrogen) atoms. The fraction of sp³-hybridized carbons (Fsp3) is 0.538. The van der Waals surface area contributed by atoms with E-state index in [1.807, 2.05) is 0 Å². The van der Waals surface area contributed by atoms with E-state index in [4.69, 9.17) is 0 Å². The predicted octanol–water partition coefficient (Wildman–Crippen LogP) is 8.58. The van der Waals surface area contributed by atoms with Crippen molar-refractivity contribution in [3.63, 3.8) is 0 Å². The van der Waals surface area contributed by atoms with E-state index in [2.05, 4.69) is 159 Å². The lowest BCUT2D eigenvalue weighted by atomic mass is 9.65. The third kappa shape index (κ3) is 4.11. The van der Waals surface area contributed by atoms with Crippen molar-refractivity contribution in [2.75, 3.05) is 35.8 Å². The van der Waals surface area contributed by atoms with Gasteiger partial charge < -0.3 is 19.8 Å². The van der Waals surface area contributed by atoms with Crippen molar-refractivity contribution in [3.8, 4) is 0 Å². The van der Waals surface area contributed by atoms with Gasteiger partial charge >= 0.3 is 0 Å². The molecule has 3 aromatic carbocycles. The van der Waals surface area contributed by atoms with E-state index in [-0.39, 0.29) is 28.5 Å². The maximum Gasteiger partial charge on any atom is 0.0857 e. The molecule has 0 aliphatic carbocycles. The number of aliphatic hydroxyl groups excluding tert-OH is 1. The van der Waals surface area contributed by atoms with Crippen molar-refractivity contribution in [2.45, 2.75) is 96.9 Å². The summed E-state index contributed by atoms with van der Waals surface area (Å²) < 4.78 is 0. The standard InChI is InChI=1S/C39H53N3O/c1-23-34(28-15-13-14-16-31(28)40(10)37(23,4)5)26-17-19-32-29(21-26)35(24(2)38(6,7)41(32)11)27-18-20-33-30(22-27)36(43)25(3)39(8,9)42(33)12/h13-25,34-36,43H,1-12H3.